The molecule has 0 aliphatic carbocycles. The second kappa shape index (κ2) is 6.93. The molecule has 1 aromatic heterocycles. The average molecular weight is 334 g/mol. The largest absolute Gasteiger partial charge is 0.356 e. The van der Waals surface area contributed by atoms with Crippen molar-refractivity contribution in [1.29, 1.82) is 0 Å². The van der Waals surface area contributed by atoms with Crippen molar-refractivity contribution in [3.8, 4) is 0 Å². The van der Waals surface area contributed by atoms with Gasteiger partial charge >= 0.3 is 5.69 Å². The predicted molar refractivity (Wildman–Crippen MR) is 80.7 cm³/mol. The number of nitrogens with one attached hydrogen (secondary N) is 3. The number of hydrazine groups is 2. The van der Waals surface area contributed by atoms with Gasteiger partial charge in [0.25, 0.3) is 11.6 Å². The molecule has 24 heavy (non-hydrogen) atoms. The van der Waals surface area contributed by atoms with Crippen LogP contribution in [-0.2, 0) is 0 Å². The summed E-state index contributed by atoms with van der Waals surface area (Å²) in [5.74, 6) is 3.91. The highest BCUT2D eigenvalue weighted by molar-refractivity contribution is 5.95. The van der Waals surface area contributed by atoms with Crippen LogP contribution >= 0.6 is 0 Å². The standard InChI is InChI=1S/C11H10N8O5/c12-15-9-8(19(23)24)10(14-5-13-9)16-17-11(20)6-1-3-7(4-2-6)18(21)22/h1-5H,12H2,(H,17,20)(H2,13,14,15,16). The molecule has 2 rings (SSSR count). The number of carbonyl (C=O) groups is 1. The first-order valence-corrected chi connectivity index (χ1v) is 6.21. The Morgan fingerprint density at radius 2 is 1.67 bits per heavy atom. The van der Waals surface area contributed by atoms with E-state index in [1.807, 2.05) is 5.43 Å². The Balaban J connectivity index is 2.14. The van der Waals surface area contributed by atoms with E-state index in [0.717, 1.165) is 18.5 Å². The minimum atomic E-state index is -0.782. The van der Waals surface area contributed by atoms with Gasteiger partial charge in [-0.25, -0.2) is 15.8 Å². The number of nitro groups is 2. The molecule has 0 fully saturated rings. The average Bonchev–Trinajstić information content (AvgIpc) is 2.59. The fourth-order valence-corrected chi connectivity index (χ4v) is 1.67. The van der Waals surface area contributed by atoms with Gasteiger partial charge < -0.3 is 5.43 Å². The number of nitrogens with two attached hydrogens (primary N) is 1. The van der Waals surface area contributed by atoms with Gasteiger partial charge in [-0.2, -0.15) is 0 Å². The van der Waals surface area contributed by atoms with Crippen LogP contribution in [0.3, 0.4) is 0 Å². The van der Waals surface area contributed by atoms with Gasteiger partial charge in [0.1, 0.15) is 6.33 Å². The number of rotatable bonds is 6. The Kier molecular flexibility index (Phi) is 4.76. The molecule has 124 valence electrons. The van der Waals surface area contributed by atoms with Crippen LogP contribution < -0.4 is 22.1 Å². The van der Waals surface area contributed by atoms with Crippen LogP contribution in [0.4, 0.5) is 23.0 Å². The number of nitrogens with zero attached hydrogens (tertiary/aromatic N) is 4. The molecular formula is C11H10N8O5. The molecule has 13 nitrogen and oxygen atoms in total. The van der Waals surface area contributed by atoms with E-state index in [1.54, 1.807) is 0 Å². The fraction of sp³-hybridized carbons (Fsp3) is 0. The van der Waals surface area contributed by atoms with Crippen molar-refractivity contribution in [2.45, 2.75) is 0 Å². The lowest BCUT2D eigenvalue weighted by Gasteiger charge is -2.09. The smallest absolute Gasteiger partial charge is 0.303 e. The lowest BCUT2D eigenvalue weighted by molar-refractivity contribution is -0.384. The van der Waals surface area contributed by atoms with Crippen LogP contribution in [0, 0.1) is 20.2 Å². The van der Waals surface area contributed by atoms with Crippen LogP contribution in [0.2, 0.25) is 0 Å². The molecule has 1 aromatic carbocycles. The van der Waals surface area contributed by atoms with E-state index in [2.05, 4.69) is 20.8 Å². The normalized spacial score (nSPS) is 9.88. The van der Waals surface area contributed by atoms with Crippen molar-refractivity contribution in [3.05, 3.63) is 56.4 Å². The molecule has 13 heteroatoms. The molecule has 0 saturated heterocycles. The van der Waals surface area contributed by atoms with E-state index in [-0.39, 0.29) is 22.9 Å². The Bertz CT molecular complexity index is 794. The number of aromatic nitrogens is 2. The molecule has 0 bridgehead atoms. The number of amides is 1. The molecular weight excluding hydrogens is 324 g/mol. The zero-order chi connectivity index (χ0) is 17.7. The summed E-state index contributed by atoms with van der Waals surface area (Å²) in [5.41, 5.74) is 5.87. The first kappa shape index (κ1) is 16.5. The molecule has 1 amide bonds. The second-order valence-electron chi connectivity index (χ2n) is 4.20. The zero-order valence-corrected chi connectivity index (χ0v) is 11.8. The molecule has 0 aliphatic heterocycles. The summed E-state index contributed by atoms with van der Waals surface area (Å²) in [6, 6.07) is 4.77. The lowest BCUT2D eigenvalue weighted by atomic mass is 10.2. The van der Waals surface area contributed by atoms with Gasteiger partial charge in [0.05, 0.1) is 9.85 Å². The minimum Gasteiger partial charge on any atom is -0.303 e. The van der Waals surface area contributed by atoms with Crippen molar-refractivity contribution >= 4 is 28.9 Å². The number of hydrogen-bond donors (Lipinski definition) is 4. The summed E-state index contributed by atoms with van der Waals surface area (Å²) in [4.78, 5) is 39.4. The highest BCUT2D eigenvalue weighted by Crippen LogP contribution is 2.27. The van der Waals surface area contributed by atoms with Gasteiger partial charge in [-0.1, -0.05) is 0 Å². The monoisotopic (exact) mass is 334 g/mol. The molecule has 1 heterocycles. The molecule has 0 saturated carbocycles. The summed E-state index contributed by atoms with van der Waals surface area (Å²) in [6.45, 7) is 0. The Labute approximate surface area is 133 Å². The van der Waals surface area contributed by atoms with E-state index in [1.165, 1.54) is 12.1 Å². The van der Waals surface area contributed by atoms with Crippen LogP contribution in [0.1, 0.15) is 10.4 Å². The lowest BCUT2D eigenvalue weighted by Crippen LogP contribution is -2.30. The summed E-state index contributed by atoms with van der Waals surface area (Å²) in [7, 11) is 0. The van der Waals surface area contributed by atoms with Crippen LogP contribution in [0.25, 0.3) is 0 Å². The zero-order valence-electron chi connectivity index (χ0n) is 11.8. The number of benzene rings is 1. The third-order valence-corrected chi connectivity index (χ3v) is 2.78. The molecule has 0 atom stereocenters. The fourth-order valence-electron chi connectivity index (χ4n) is 1.67. The van der Waals surface area contributed by atoms with Crippen molar-refractivity contribution in [2.24, 2.45) is 5.84 Å². The Hall–Kier alpha value is -3.87. The number of hydrogen-bond acceptors (Lipinski definition) is 10. The van der Waals surface area contributed by atoms with Gasteiger partial charge in [0.15, 0.2) is 0 Å². The third-order valence-electron chi connectivity index (χ3n) is 2.78. The topological polar surface area (TPSA) is 191 Å². The Morgan fingerprint density at radius 1 is 1.04 bits per heavy atom. The van der Waals surface area contributed by atoms with Crippen molar-refractivity contribution in [1.82, 2.24) is 15.4 Å². The summed E-state index contributed by atoms with van der Waals surface area (Å²) in [5, 5.41) is 21.6. The number of carbonyl (C=O) groups excluding carboxylic acids is 1. The van der Waals surface area contributed by atoms with Gasteiger partial charge in [-0.15, -0.1) is 0 Å². The van der Waals surface area contributed by atoms with E-state index in [9.17, 15) is 25.0 Å². The van der Waals surface area contributed by atoms with Gasteiger partial charge in [-0.3, -0.25) is 35.9 Å². The number of nitrogen functional groups attached to an aromatic ring is 1. The highest BCUT2D eigenvalue weighted by Gasteiger charge is 2.23. The Morgan fingerprint density at radius 3 is 2.21 bits per heavy atom. The predicted octanol–water partition coefficient (Wildman–Crippen LogP) is 0.336. The maximum atomic E-state index is 11.9. The quantitative estimate of drug-likeness (QED) is 0.325. The maximum absolute atomic E-state index is 11.9. The van der Waals surface area contributed by atoms with E-state index in [0.29, 0.717) is 0 Å². The van der Waals surface area contributed by atoms with Crippen LogP contribution in [-0.4, -0.2) is 25.7 Å². The SMILES string of the molecule is NNc1ncnc(NNC(=O)c2ccc([N+](=O)[O-])cc2)c1[N+](=O)[O-]. The van der Waals surface area contributed by atoms with Gasteiger partial charge in [-0.05, 0) is 12.1 Å². The summed E-state index contributed by atoms with van der Waals surface area (Å²) >= 11 is 0. The third kappa shape index (κ3) is 3.47. The number of non-ortho nitro benzene ring substituents is 1. The number of anilines is 2. The molecule has 0 unspecified atom stereocenters. The summed E-state index contributed by atoms with van der Waals surface area (Å²) in [6.07, 6.45) is 1.00. The van der Waals surface area contributed by atoms with Gasteiger partial charge in [0.2, 0.25) is 11.6 Å². The molecule has 2 aromatic rings. The molecule has 5 N–H and O–H groups in total. The van der Waals surface area contributed by atoms with E-state index >= 15 is 0 Å². The van der Waals surface area contributed by atoms with Crippen molar-refractivity contribution < 1.29 is 14.6 Å². The molecule has 0 aliphatic rings. The van der Waals surface area contributed by atoms with E-state index < -0.39 is 21.4 Å². The maximum Gasteiger partial charge on any atom is 0.356 e. The van der Waals surface area contributed by atoms with Gasteiger partial charge in [0, 0.05) is 17.7 Å². The molecule has 0 radical (unpaired) electrons. The molecule has 0 spiro atoms. The van der Waals surface area contributed by atoms with Crippen LogP contribution in [0.5, 0.6) is 0 Å². The summed E-state index contributed by atoms with van der Waals surface area (Å²) < 4.78 is 0. The minimum absolute atomic E-state index is 0.0991. The van der Waals surface area contributed by atoms with Crippen molar-refractivity contribution in [3.63, 3.8) is 0 Å². The van der Waals surface area contributed by atoms with Crippen molar-refractivity contribution in [2.75, 3.05) is 10.9 Å². The van der Waals surface area contributed by atoms with E-state index in [4.69, 9.17) is 5.84 Å². The first-order chi connectivity index (χ1) is 11.4. The highest BCUT2D eigenvalue weighted by atomic mass is 16.6. The van der Waals surface area contributed by atoms with Crippen LogP contribution in [0.15, 0.2) is 30.6 Å². The second-order valence-corrected chi connectivity index (χ2v) is 4.20. The number of nitro benzene ring substituents is 1. The first-order valence-electron chi connectivity index (χ1n) is 6.21.